The standard InChI is InChI=1S/C23H28N4OS/c1-15-9-7-8-10-19(15)27-20(17-11-13-18(14-12-17)23(3,4)5)25-26-22(27)29-16(2)21(28)24-6/h7-14,16H,1-6H3,(H,24,28). The third kappa shape index (κ3) is 4.53. The number of nitrogens with one attached hydrogen (secondary N) is 1. The van der Waals surface area contributed by atoms with Gasteiger partial charge in [0, 0.05) is 12.6 Å². The van der Waals surface area contributed by atoms with Crippen LogP contribution in [-0.4, -0.2) is 33.0 Å². The number of hydrogen-bond acceptors (Lipinski definition) is 4. The molecular formula is C23H28N4OS. The molecule has 3 aromatic rings. The average Bonchev–Trinajstić information content (AvgIpc) is 3.10. The van der Waals surface area contributed by atoms with Gasteiger partial charge in [-0.05, 0) is 36.5 Å². The number of aryl methyl sites for hydroxylation is 1. The molecule has 0 saturated heterocycles. The summed E-state index contributed by atoms with van der Waals surface area (Å²) in [5, 5.41) is 12.0. The van der Waals surface area contributed by atoms with Crippen LogP contribution in [0.3, 0.4) is 0 Å². The fraction of sp³-hybridized carbons (Fsp3) is 0.348. The second kappa shape index (κ2) is 8.41. The van der Waals surface area contributed by atoms with Crippen molar-refractivity contribution in [3.05, 3.63) is 59.7 Å². The second-order valence-electron chi connectivity index (χ2n) is 8.13. The number of amides is 1. The first-order chi connectivity index (χ1) is 13.7. The van der Waals surface area contributed by atoms with Crippen LogP contribution in [0.1, 0.15) is 38.8 Å². The summed E-state index contributed by atoms with van der Waals surface area (Å²) < 4.78 is 2.05. The van der Waals surface area contributed by atoms with E-state index in [2.05, 4.69) is 79.6 Å². The van der Waals surface area contributed by atoms with E-state index in [1.54, 1.807) is 7.05 Å². The minimum Gasteiger partial charge on any atom is -0.358 e. The van der Waals surface area contributed by atoms with Crippen LogP contribution in [0.2, 0.25) is 0 Å². The van der Waals surface area contributed by atoms with Gasteiger partial charge < -0.3 is 5.32 Å². The highest BCUT2D eigenvalue weighted by Crippen LogP contribution is 2.32. The van der Waals surface area contributed by atoms with Gasteiger partial charge in [-0.3, -0.25) is 9.36 Å². The highest BCUT2D eigenvalue weighted by Gasteiger charge is 2.22. The molecule has 0 radical (unpaired) electrons. The predicted molar refractivity (Wildman–Crippen MR) is 120 cm³/mol. The molecule has 1 amide bonds. The van der Waals surface area contributed by atoms with Gasteiger partial charge in [-0.2, -0.15) is 0 Å². The zero-order valence-corrected chi connectivity index (χ0v) is 18.7. The Kier molecular flexibility index (Phi) is 6.13. The second-order valence-corrected chi connectivity index (χ2v) is 9.44. The number of benzene rings is 2. The summed E-state index contributed by atoms with van der Waals surface area (Å²) >= 11 is 1.41. The molecule has 1 unspecified atom stereocenters. The van der Waals surface area contributed by atoms with E-state index in [1.165, 1.54) is 17.3 Å². The van der Waals surface area contributed by atoms with Gasteiger partial charge in [0.15, 0.2) is 11.0 Å². The molecule has 1 atom stereocenters. The van der Waals surface area contributed by atoms with Crippen LogP contribution < -0.4 is 5.32 Å². The Labute approximate surface area is 176 Å². The summed E-state index contributed by atoms with van der Waals surface area (Å²) in [4.78, 5) is 12.0. The molecule has 1 aromatic heterocycles. The molecule has 2 aromatic carbocycles. The van der Waals surface area contributed by atoms with Gasteiger partial charge in [0.25, 0.3) is 0 Å². The van der Waals surface area contributed by atoms with Crippen molar-refractivity contribution in [1.29, 1.82) is 0 Å². The number of hydrogen-bond donors (Lipinski definition) is 1. The Bertz CT molecular complexity index is 1000. The van der Waals surface area contributed by atoms with Crippen LogP contribution in [0.25, 0.3) is 17.1 Å². The number of carbonyl (C=O) groups excluding carboxylic acids is 1. The summed E-state index contributed by atoms with van der Waals surface area (Å²) in [5.41, 5.74) is 4.49. The molecule has 1 heterocycles. The molecule has 5 nitrogen and oxygen atoms in total. The quantitative estimate of drug-likeness (QED) is 0.618. The molecule has 0 aliphatic rings. The van der Waals surface area contributed by atoms with Crippen molar-refractivity contribution in [2.75, 3.05) is 7.05 Å². The van der Waals surface area contributed by atoms with Crippen molar-refractivity contribution >= 4 is 17.7 Å². The maximum atomic E-state index is 12.0. The fourth-order valence-electron chi connectivity index (χ4n) is 3.10. The summed E-state index contributed by atoms with van der Waals surface area (Å²) in [6, 6.07) is 16.6. The molecule has 0 aliphatic carbocycles. The number of nitrogens with zero attached hydrogens (tertiary/aromatic N) is 3. The van der Waals surface area contributed by atoms with Gasteiger partial charge in [-0.25, -0.2) is 0 Å². The molecular weight excluding hydrogens is 380 g/mol. The highest BCUT2D eigenvalue weighted by molar-refractivity contribution is 8.00. The van der Waals surface area contributed by atoms with Gasteiger partial charge in [0.2, 0.25) is 5.91 Å². The van der Waals surface area contributed by atoms with Gasteiger partial charge in [0.1, 0.15) is 0 Å². The molecule has 0 spiro atoms. The lowest BCUT2D eigenvalue weighted by molar-refractivity contribution is -0.119. The number of carbonyl (C=O) groups is 1. The molecule has 0 bridgehead atoms. The van der Waals surface area contributed by atoms with E-state index in [-0.39, 0.29) is 16.6 Å². The fourth-order valence-corrected chi connectivity index (χ4v) is 4.02. The van der Waals surface area contributed by atoms with Gasteiger partial charge in [-0.15, -0.1) is 10.2 Å². The Balaban J connectivity index is 2.10. The van der Waals surface area contributed by atoms with Crippen molar-refractivity contribution in [2.24, 2.45) is 0 Å². The predicted octanol–water partition coefficient (Wildman–Crippen LogP) is 4.77. The minimum atomic E-state index is -0.275. The van der Waals surface area contributed by atoms with E-state index >= 15 is 0 Å². The molecule has 152 valence electrons. The molecule has 3 rings (SSSR count). The van der Waals surface area contributed by atoms with Crippen molar-refractivity contribution in [1.82, 2.24) is 20.1 Å². The molecule has 1 N–H and O–H groups in total. The third-order valence-corrected chi connectivity index (χ3v) is 5.94. The van der Waals surface area contributed by atoms with E-state index < -0.39 is 0 Å². The van der Waals surface area contributed by atoms with E-state index in [1.807, 2.05) is 23.6 Å². The molecule has 6 heteroatoms. The summed E-state index contributed by atoms with van der Waals surface area (Å²) in [5.74, 6) is 0.733. The minimum absolute atomic E-state index is 0.0367. The summed E-state index contributed by atoms with van der Waals surface area (Å²) in [7, 11) is 1.65. The van der Waals surface area contributed by atoms with Crippen molar-refractivity contribution in [3.63, 3.8) is 0 Å². The largest absolute Gasteiger partial charge is 0.358 e. The Morgan fingerprint density at radius 1 is 1.07 bits per heavy atom. The lowest BCUT2D eigenvalue weighted by Gasteiger charge is -2.19. The number of para-hydroxylation sites is 1. The molecule has 29 heavy (non-hydrogen) atoms. The van der Waals surface area contributed by atoms with Crippen LogP contribution in [0.5, 0.6) is 0 Å². The monoisotopic (exact) mass is 408 g/mol. The van der Waals surface area contributed by atoms with Crippen LogP contribution in [0.15, 0.2) is 53.7 Å². The number of aromatic nitrogens is 3. The maximum absolute atomic E-state index is 12.0. The normalized spacial score (nSPS) is 12.6. The van der Waals surface area contributed by atoms with E-state index in [9.17, 15) is 4.79 Å². The van der Waals surface area contributed by atoms with Gasteiger partial charge in [0.05, 0.1) is 10.9 Å². The summed E-state index contributed by atoms with van der Waals surface area (Å²) in [6.45, 7) is 10.5. The number of thioether (sulfide) groups is 1. The SMILES string of the molecule is CNC(=O)C(C)Sc1nnc(-c2ccc(C(C)(C)C)cc2)n1-c1ccccc1C. The van der Waals surface area contributed by atoms with Crippen molar-refractivity contribution in [2.45, 2.75) is 50.4 Å². The van der Waals surface area contributed by atoms with Crippen LogP contribution in [-0.2, 0) is 10.2 Å². The van der Waals surface area contributed by atoms with E-state index in [4.69, 9.17) is 0 Å². The molecule has 0 saturated carbocycles. The van der Waals surface area contributed by atoms with Gasteiger partial charge in [-0.1, -0.05) is 75.0 Å². The Hall–Kier alpha value is -2.60. The van der Waals surface area contributed by atoms with E-state index in [0.717, 1.165) is 22.6 Å². The van der Waals surface area contributed by atoms with Crippen LogP contribution in [0.4, 0.5) is 0 Å². The molecule has 0 fully saturated rings. The Morgan fingerprint density at radius 3 is 2.31 bits per heavy atom. The lowest BCUT2D eigenvalue weighted by Crippen LogP contribution is -2.27. The van der Waals surface area contributed by atoms with E-state index in [0.29, 0.717) is 5.16 Å². The number of rotatable bonds is 5. The smallest absolute Gasteiger partial charge is 0.233 e. The molecule has 0 aliphatic heterocycles. The average molecular weight is 409 g/mol. The first-order valence-electron chi connectivity index (χ1n) is 9.73. The lowest BCUT2D eigenvalue weighted by atomic mass is 9.87. The summed E-state index contributed by atoms with van der Waals surface area (Å²) in [6.07, 6.45) is 0. The first-order valence-corrected chi connectivity index (χ1v) is 10.6. The first kappa shape index (κ1) is 21.1. The van der Waals surface area contributed by atoms with Crippen LogP contribution >= 0.6 is 11.8 Å². The topological polar surface area (TPSA) is 59.8 Å². The zero-order valence-electron chi connectivity index (χ0n) is 17.9. The third-order valence-electron chi connectivity index (χ3n) is 4.90. The zero-order chi connectivity index (χ0) is 21.2. The van der Waals surface area contributed by atoms with Crippen molar-refractivity contribution < 1.29 is 4.79 Å². The Morgan fingerprint density at radius 2 is 1.72 bits per heavy atom. The van der Waals surface area contributed by atoms with Crippen LogP contribution in [0, 0.1) is 6.92 Å². The maximum Gasteiger partial charge on any atom is 0.233 e. The highest BCUT2D eigenvalue weighted by atomic mass is 32.2. The van der Waals surface area contributed by atoms with Crippen molar-refractivity contribution in [3.8, 4) is 17.1 Å². The van der Waals surface area contributed by atoms with Gasteiger partial charge >= 0.3 is 0 Å².